The molecule has 0 amide bonds. The molecule has 0 fully saturated rings. The fraction of sp³-hybridized carbons (Fsp3) is 0.222. The van der Waals surface area contributed by atoms with Gasteiger partial charge in [-0.05, 0) is 42.8 Å². The van der Waals surface area contributed by atoms with Crippen LogP contribution in [-0.2, 0) is 0 Å². The molecule has 0 radical (unpaired) electrons. The Labute approximate surface area is 71.0 Å². The summed E-state index contributed by atoms with van der Waals surface area (Å²) in [6.07, 6.45) is 0. The Morgan fingerprint density at radius 1 is 1.36 bits per heavy atom. The molecule has 0 bridgehead atoms. The predicted molar refractivity (Wildman–Crippen MR) is 47.4 cm³/mol. The summed E-state index contributed by atoms with van der Waals surface area (Å²) < 4.78 is 0. The highest BCUT2D eigenvalue weighted by Gasteiger charge is 1.98. The molecule has 0 saturated heterocycles. The van der Waals surface area contributed by atoms with Gasteiger partial charge in [0, 0.05) is 4.90 Å². The Balaban J connectivity index is 3.08. The molecule has 0 unspecified atom stereocenters. The van der Waals surface area contributed by atoms with E-state index < -0.39 is 0 Å². The maximum absolute atomic E-state index is 8.45. The van der Waals surface area contributed by atoms with E-state index in [4.69, 9.17) is 5.26 Å². The number of hydrogen-bond donors (Lipinski definition) is 0. The van der Waals surface area contributed by atoms with Crippen LogP contribution in [-0.4, -0.2) is 0 Å². The third-order valence-electron chi connectivity index (χ3n) is 1.71. The summed E-state index contributed by atoms with van der Waals surface area (Å²) in [6.45, 7) is 4.09. The lowest BCUT2D eigenvalue weighted by atomic mass is 10.1. The summed E-state index contributed by atoms with van der Waals surface area (Å²) in [7, 11) is 0. The fourth-order valence-corrected chi connectivity index (χ4v) is 1.44. The van der Waals surface area contributed by atoms with Gasteiger partial charge in [-0.3, -0.25) is 0 Å². The van der Waals surface area contributed by atoms with E-state index in [1.807, 2.05) is 19.1 Å². The smallest absolute Gasteiger partial charge is 0.138 e. The maximum Gasteiger partial charge on any atom is 0.138 e. The maximum atomic E-state index is 8.45. The van der Waals surface area contributed by atoms with E-state index in [0.717, 1.165) is 4.90 Å². The van der Waals surface area contributed by atoms with Gasteiger partial charge in [0.2, 0.25) is 0 Å². The molecule has 1 rings (SSSR count). The second kappa shape index (κ2) is 3.45. The standard InChI is InChI=1S/C9H9NS/c1-7-4-3-5-9(8(7)2)11-6-10/h3-5H,1-2H3. The van der Waals surface area contributed by atoms with Crippen molar-refractivity contribution in [2.24, 2.45) is 0 Å². The molecule has 1 nitrogen and oxygen atoms in total. The van der Waals surface area contributed by atoms with Crippen molar-refractivity contribution in [3.05, 3.63) is 29.3 Å². The number of nitrogens with zero attached hydrogens (tertiary/aromatic N) is 1. The Hall–Kier alpha value is -0.940. The summed E-state index contributed by atoms with van der Waals surface area (Å²) in [5.74, 6) is 0. The first kappa shape index (κ1) is 8.16. The molecule has 0 aromatic heterocycles. The SMILES string of the molecule is Cc1cccc(SC#N)c1C. The first-order valence-electron chi connectivity index (χ1n) is 3.38. The quantitative estimate of drug-likeness (QED) is 0.469. The summed E-state index contributed by atoms with van der Waals surface area (Å²) in [5.41, 5.74) is 2.45. The van der Waals surface area contributed by atoms with Crippen LogP contribution in [0, 0.1) is 24.5 Å². The fourth-order valence-electron chi connectivity index (χ4n) is 0.884. The number of nitriles is 1. The van der Waals surface area contributed by atoms with Gasteiger partial charge >= 0.3 is 0 Å². The lowest BCUT2D eigenvalue weighted by molar-refractivity contribution is 1.23. The van der Waals surface area contributed by atoms with Crippen molar-refractivity contribution in [2.75, 3.05) is 0 Å². The Morgan fingerprint density at radius 3 is 2.73 bits per heavy atom. The van der Waals surface area contributed by atoms with E-state index in [0.29, 0.717) is 0 Å². The number of benzene rings is 1. The van der Waals surface area contributed by atoms with E-state index in [1.54, 1.807) is 0 Å². The number of thioether (sulfide) groups is 1. The van der Waals surface area contributed by atoms with Crippen LogP contribution in [0.4, 0.5) is 0 Å². The van der Waals surface area contributed by atoms with E-state index in [2.05, 4.69) is 18.4 Å². The van der Waals surface area contributed by atoms with Crippen molar-refractivity contribution < 1.29 is 0 Å². The predicted octanol–water partition coefficient (Wildman–Crippen LogP) is 2.88. The summed E-state index contributed by atoms with van der Waals surface area (Å²) in [6, 6.07) is 6.00. The Bertz CT molecular complexity index is 299. The molecule has 0 N–H and O–H groups in total. The van der Waals surface area contributed by atoms with Crippen LogP contribution in [0.15, 0.2) is 23.1 Å². The van der Waals surface area contributed by atoms with E-state index in [-0.39, 0.29) is 0 Å². The van der Waals surface area contributed by atoms with Gasteiger partial charge in [0.1, 0.15) is 5.40 Å². The van der Waals surface area contributed by atoms with E-state index in [1.165, 1.54) is 22.9 Å². The molecule has 0 aliphatic rings. The highest BCUT2D eigenvalue weighted by atomic mass is 32.2. The molecule has 1 aromatic carbocycles. The molecular formula is C9H9NS. The number of thiocyanates is 1. The van der Waals surface area contributed by atoms with Gasteiger partial charge < -0.3 is 0 Å². The summed E-state index contributed by atoms with van der Waals surface area (Å²) in [4.78, 5) is 1.06. The zero-order valence-corrected chi connectivity index (χ0v) is 7.40. The van der Waals surface area contributed by atoms with Gasteiger partial charge in [0.05, 0.1) is 0 Å². The zero-order valence-electron chi connectivity index (χ0n) is 6.59. The van der Waals surface area contributed by atoms with Crippen molar-refractivity contribution in [3.8, 4) is 5.40 Å². The van der Waals surface area contributed by atoms with Crippen molar-refractivity contribution >= 4 is 11.8 Å². The molecule has 0 aliphatic carbocycles. The summed E-state index contributed by atoms with van der Waals surface area (Å²) in [5, 5.41) is 10.5. The molecular weight excluding hydrogens is 154 g/mol. The lowest BCUT2D eigenvalue weighted by Gasteiger charge is -2.02. The summed E-state index contributed by atoms with van der Waals surface area (Å²) >= 11 is 1.22. The molecule has 0 spiro atoms. The van der Waals surface area contributed by atoms with E-state index in [9.17, 15) is 0 Å². The topological polar surface area (TPSA) is 23.8 Å². The Kier molecular flexibility index (Phi) is 2.56. The minimum Gasteiger partial charge on any atom is -0.185 e. The minimum atomic E-state index is 1.06. The van der Waals surface area contributed by atoms with Gasteiger partial charge in [0.15, 0.2) is 0 Å². The van der Waals surface area contributed by atoms with Gasteiger partial charge in [-0.2, -0.15) is 5.26 Å². The van der Waals surface area contributed by atoms with Crippen molar-refractivity contribution in [1.82, 2.24) is 0 Å². The van der Waals surface area contributed by atoms with E-state index >= 15 is 0 Å². The van der Waals surface area contributed by atoms with Crippen LogP contribution in [0.3, 0.4) is 0 Å². The molecule has 2 heteroatoms. The zero-order chi connectivity index (χ0) is 8.27. The Morgan fingerprint density at radius 2 is 2.09 bits per heavy atom. The van der Waals surface area contributed by atoms with Crippen LogP contribution < -0.4 is 0 Å². The third-order valence-corrected chi connectivity index (χ3v) is 2.46. The van der Waals surface area contributed by atoms with Crippen LogP contribution in [0.5, 0.6) is 0 Å². The highest BCUT2D eigenvalue weighted by Crippen LogP contribution is 2.22. The number of rotatable bonds is 1. The van der Waals surface area contributed by atoms with Crippen LogP contribution in [0.1, 0.15) is 11.1 Å². The van der Waals surface area contributed by atoms with Gasteiger partial charge in [-0.25, -0.2) is 0 Å². The molecule has 0 atom stereocenters. The van der Waals surface area contributed by atoms with Gasteiger partial charge in [0.25, 0.3) is 0 Å². The molecule has 0 aliphatic heterocycles. The van der Waals surface area contributed by atoms with Gasteiger partial charge in [-0.1, -0.05) is 12.1 Å². The first-order chi connectivity index (χ1) is 5.25. The second-order valence-electron chi connectivity index (χ2n) is 2.39. The molecule has 0 saturated carbocycles. The van der Waals surface area contributed by atoms with Crippen molar-refractivity contribution in [3.63, 3.8) is 0 Å². The first-order valence-corrected chi connectivity index (χ1v) is 4.19. The normalized spacial score (nSPS) is 9.18. The van der Waals surface area contributed by atoms with Crippen molar-refractivity contribution in [2.45, 2.75) is 18.7 Å². The minimum absolute atomic E-state index is 1.06. The second-order valence-corrected chi connectivity index (χ2v) is 3.22. The average molecular weight is 163 g/mol. The van der Waals surface area contributed by atoms with Crippen LogP contribution in [0.25, 0.3) is 0 Å². The highest BCUT2D eigenvalue weighted by molar-refractivity contribution is 8.03. The average Bonchev–Trinajstić information content (AvgIpc) is 1.99. The number of hydrogen-bond acceptors (Lipinski definition) is 2. The van der Waals surface area contributed by atoms with Crippen LogP contribution >= 0.6 is 11.8 Å². The third kappa shape index (κ3) is 1.75. The lowest BCUT2D eigenvalue weighted by Crippen LogP contribution is -1.82. The molecule has 0 heterocycles. The van der Waals surface area contributed by atoms with Crippen LogP contribution in [0.2, 0.25) is 0 Å². The molecule has 56 valence electrons. The number of aryl methyl sites for hydroxylation is 1. The largest absolute Gasteiger partial charge is 0.185 e. The monoisotopic (exact) mass is 163 g/mol. The van der Waals surface area contributed by atoms with Crippen molar-refractivity contribution in [1.29, 1.82) is 5.26 Å². The molecule has 1 aromatic rings. The molecule has 11 heavy (non-hydrogen) atoms. The van der Waals surface area contributed by atoms with Gasteiger partial charge in [-0.15, -0.1) is 0 Å².